The normalized spacial score (nSPS) is 11.9. The molecule has 0 bridgehead atoms. The molecule has 0 aliphatic rings. The average molecular weight is 259 g/mol. The van der Waals surface area contributed by atoms with E-state index < -0.39 is 42.2 Å². The summed E-state index contributed by atoms with van der Waals surface area (Å²) in [5.74, 6) is -2.36. The summed E-state index contributed by atoms with van der Waals surface area (Å²) in [6.07, 6.45) is -7.99. The highest BCUT2D eigenvalue weighted by Gasteiger charge is 2.35. The largest absolute Gasteiger partial charge is 0.573 e. The highest BCUT2D eigenvalue weighted by molar-refractivity contribution is 5.46. The second-order valence-corrected chi connectivity index (χ2v) is 2.84. The van der Waals surface area contributed by atoms with E-state index >= 15 is 0 Å². The molecular weight excluding hydrogens is 253 g/mol. The highest BCUT2D eigenvalue weighted by atomic mass is 19.4. The van der Waals surface area contributed by atoms with Crippen molar-refractivity contribution in [3.8, 4) is 11.5 Å². The van der Waals surface area contributed by atoms with Crippen molar-refractivity contribution >= 4 is 0 Å². The monoisotopic (exact) mass is 259 g/mol. The van der Waals surface area contributed by atoms with Crippen LogP contribution in [0.15, 0.2) is 6.20 Å². The van der Waals surface area contributed by atoms with Gasteiger partial charge >= 0.3 is 6.36 Å². The Morgan fingerprint density at radius 1 is 1.35 bits per heavy atom. The Labute approximate surface area is 91.3 Å². The molecule has 9 heteroatoms. The number of halogens is 5. The first-order valence-electron chi connectivity index (χ1n) is 4.11. The molecule has 1 heterocycles. The Bertz CT molecular complexity index is 407. The predicted octanol–water partition coefficient (Wildman–Crippen LogP) is 2.12. The van der Waals surface area contributed by atoms with Crippen LogP contribution in [-0.4, -0.2) is 21.6 Å². The smallest absolute Gasteiger partial charge is 0.503 e. The molecule has 2 N–H and O–H groups in total. The summed E-state index contributed by atoms with van der Waals surface area (Å²) in [4.78, 5) is 3.03. The van der Waals surface area contributed by atoms with Crippen LogP contribution in [0.1, 0.15) is 17.7 Å². The molecule has 0 saturated carbocycles. The number of aliphatic hydroxyl groups excluding tert-OH is 1. The van der Waals surface area contributed by atoms with E-state index in [0.717, 1.165) is 0 Å². The fourth-order valence-electron chi connectivity index (χ4n) is 1.11. The third kappa shape index (κ3) is 3.16. The molecule has 0 aromatic carbocycles. The summed E-state index contributed by atoms with van der Waals surface area (Å²) < 4.78 is 63.9. The summed E-state index contributed by atoms with van der Waals surface area (Å²) in [5, 5.41) is 17.8. The van der Waals surface area contributed by atoms with Gasteiger partial charge in [0.05, 0.1) is 18.4 Å². The van der Waals surface area contributed by atoms with Crippen LogP contribution in [0, 0.1) is 0 Å². The molecule has 17 heavy (non-hydrogen) atoms. The molecule has 1 aromatic rings. The maximum atomic E-state index is 12.4. The van der Waals surface area contributed by atoms with Gasteiger partial charge in [-0.15, -0.1) is 13.2 Å². The first kappa shape index (κ1) is 13.4. The lowest BCUT2D eigenvalue weighted by atomic mass is 10.2. The summed E-state index contributed by atoms with van der Waals surface area (Å²) in [6, 6.07) is 0. The molecule has 1 aromatic heterocycles. The number of rotatable bonds is 3. The average Bonchev–Trinajstić information content (AvgIpc) is 2.18. The van der Waals surface area contributed by atoms with E-state index in [-0.39, 0.29) is 0 Å². The third-order valence-corrected chi connectivity index (χ3v) is 1.72. The van der Waals surface area contributed by atoms with E-state index in [1.807, 2.05) is 0 Å². The Morgan fingerprint density at radius 2 is 1.94 bits per heavy atom. The lowest BCUT2D eigenvalue weighted by Crippen LogP contribution is -2.19. The molecule has 0 fully saturated rings. The first-order chi connectivity index (χ1) is 7.76. The number of hydrogen-bond acceptors (Lipinski definition) is 4. The van der Waals surface area contributed by atoms with Crippen molar-refractivity contribution in [2.24, 2.45) is 0 Å². The standard InChI is InChI=1S/C8H6F5NO3/c9-7(10)5-3(2-15)6(4(16)1-14-5)17-8(11,12)13/h1,7,15-16H,2H2. The minimum Gasteiger partial charge on any atom is -0.503 e. The van der Waals surface area contributed by atoms with Crippen molar-refractivity contribution in [2.45, 2.75) is 19.4 Å². The maximum absolute atomic E-state index is 12.4. The molecule has 0 atom stereocenters. The molecule has 0 radical (unpaired) electrons. The minimum atomic E-state index is -5.18. The number of pyridine rings is 1. The molecule has 96 valence electrons. The van der Waals surface area contributed by atoms with Gasteiger partial charge in [0, 0.05) is 0 Å². The predicted molar refractivity (Wildman–Crippen MR) is 43.5 cm³/mol. The van der Waals surface area contributed by atoms with Gasteiger partial charge in [0.1, 0.15) is 5.69 Å². The first-order valence-corrected chi connectivity index (χ1v) is 4.11. The van der Waals surface area contributed by atoms with Crippen LogP contribution in [-0.2, 0) is 6.61 Å². The van der Waals surface area contributed by atoms with Gasteiger partial charge in [-0.3, -0.25) is 4.98 Å². The van der Waals surface area contributed by atoms with Gasteiger partial charge in [-0.25, -0.2) is 8.78 Å². The SMILES string of the molecule is OCc1c(C(F)F)ncc(O)c1OC(F)(F)F. The Kier molecular flexibility index (Phi) is 3.71. The molecule has 4 nitrogen and oxygen atoms in total. The van der Waals surface area contributed by atoms with Crippen LogP contribution in [0.4, 0.5) is 22.0 Å². The lowest BCUT2D eigenvalue weighted by Gasteiger charge is -2.15. The van der Waals surface area contributed by atoms with Crippen LogP contribution in [0.5, 0.6) is 11.5 Å². The van der Waals surface area contributed by atoms with Crippen LogP contribution in [0.25, 0.3) is 0 Å². The molecule has 1 rings (SSSR count). The number of alkyl halides is 5. The van der Waals surface area contributed by atoms with E-state index in [1.165, 1.54) is 0 Å². The number of aromatic hydroxyl groups is 1. The van der Waals surface area contributed by atoms with Gasteiger partial charge in [-0.05, 0) is 0 Å². The fraction of sp³-hybridized carbons (Fsp3) is 0.375. The van der Waals surface area contributed by atoms with Gasteiger partial charge in [0.15, 0.2) is 11.5 Å². The molecular formula is C8H6F5NO3. The van der Waals surface area contributed by atoms with Gasteiger partial charge in [0.2, 0.25) is 0 Å². The Morgan fingerprint density at radius 3 is 2.35 bits per heavy atom. The van der Waals surface area contributed by atoms with Crippen LogP contribution >= 0.6 is 0 Å². The van der Waals surface area contributed by atoms with E-state index in [0.29, 0.717) is 6.20 Å². The molecule has 0 amide bonds. The van der Waals surface area contributed by atoms with Crippen LogP contribution in [0.2, 0.25) is 0 Å². The van der Waals surface area contributed by atoms with Crippen molar-refractivity contribution in [3.05, 3.63) is 17.5 Å². The lowest BCUT2D eigenvalue weighted by molar-refractivity contribution is -0.275. The van der Waals surface area contributed by atoms with E-state index in [1.54, 1.807) is 0 Å². The van der Waals surface area contributed by atoms with Crippen LogP contribution < -0.4 is 4.74 Å². The molecule has 0 aliphatic carbocycles. The second-order valence-electron chi connectivity index (χ2n) is 2.84. The maximum Gasteiger partial charge on any atom is 0.573 e. The van der Waals surface area contributed by atoms with Gasteiger partial charge < -0.3 is 14.9 Å². The number of aliphatic hydroxyl groups is 1. The van der Waals surface area contributed by atoms with Crippen LogP contribution in [0.3, 0.4) is 0 Å². The zero-order valence-electron chi connectivity index (χ0n) is 8.00. The number of aromatic nitrogens is 1. The fourth-order valence-corrected chi connectivity index (χ4v) is 1.11. The highest BCUT2D eigenvalue weighted by Crippen LogP contribution is 2.38. The van der Waals surface area contributed by atoms with E-state index in [2.05, 4.69) is 9.72 Å². The van der Waals surface area contributed by atoms with Gasteiger partial charge in [-0.2, -0.15) is 0 Å². The zero-order chi connectivity index (χ0) is 13.2. The summed E-state index contributed by atoms with van der Waals surface area (Å²) in [6.45, 7) is -1.17. The van der Waals surface area contributed by atoms with Crippen molar-refractivity contribution < 1.29 is 36.9 Å². The quantitative estimate of drug-likeness (QED) is 0.816. The van der Waals surface area contributed by atoms with Crippen molar-refractivity contribution in [2.75, 3.05) is 0 Å². The summed E-state index contributed by atoms with van der Waals surface area (Å²) in [7, 11) is 0. The number of nitrogens with zero attached hydrogens (tertiary/aromatic N) is 1. The summed E-state index contributed by atoms with van der Waals surface area (Å²) in [5.41, 5.74) is -1.98. The Balaban J connectivity index is 3.30. The van der Waals surface area contributed by atoms with Gasteiger partial charge in [-0.1, -0.05) is 0 Å². The molecule has 0 saturated heterocycles. The summed E-state index contributed by atoms with van der Waals surface area (Å²) >= 11 is 0. The van der Waals surface area contributed by atoms with Gasteiger partial charge in [0.25, 0.3) is 6.43 Å². The number of hydrogen-bond donors (Lipinski definition) is 2. The van der Waals surface area contributed by atoms with E-state index in [9.17, 15) is 22.0 Å². The van der Waals surface area contributed by atoms with Crippen molar-refractivity contribution in [1.82, 2.24) is 4.98 Å². The Hall–Kier alpha value is -1.64. The second kappa shape index (κ2) is 4.70. The molecule has 0 unspecified atom stereocenters. The molecule has 0 aliphatic heterocycles. The number of ether oxygens (including phenoxy) is 1. The third-order valence-electron chi connectivity index (χ3n) is 1.72. The molecule has 0 spiro atoms. The van der Waals surface area contributed by atoms with Crippen molar-refractivity contribution in [1.29, 1.82) is 0 Å². The van der Waals surface area contributed by atoms with Crippen molar-refractivity contribution in [3.63, 3.8) is 0 Å². The topological polar surface area (TPSA) is 62.6 Å². The van der Waals surface area contributed by atoms with E-state index in [4.69, 9.17) is 10.2 Å². The minimum absolute atomic E-state index is 0.391. The zero-order valence-corrected chi connectivity index (χ0v) is 8.00.